The topological polar surface area (TPSA) is 61.0 Å². The molecule has 0 aliphatic heterocycles. The first-order valence-electron chi connectivity index (χ1n) is 9.27. The average Bonchev–Trinajstić information content (AvgIpc) is 2.79. The van der Waals surface area contributed by atoms with Crippen LogP contribution in [-0.2, 0) is 4.84 Å². The van der Waals surface area contributed by atoms with E-state index in [1.807, 2.05) is 30.3 Å². The predicted octanol–water partition coefficient (Wildman–Crippen LogP) is 5.03. The Morgan fingerprint density at radius 2 is 1.67 bits per heavy atom. The second kappa shape index (κ2) is 8.61. The minimum Gasteiger partial charge on any atom is -0.480 e. The van der Waals surface area contributed by atoms with Crippen LogP contribution in [0.2, 0.25) is 0 Å². The molecule has 1 heterocycles. The summed E-state index contributed by atoms with van der Waals surface area (Å²) in [5.41, 5.74) is 1.92. The highest BCUT2D eigenvalue weighted by Crippen LogP contribution is 2.30. The molecule has 0 amide bonds. The number of oxime groups is 1. The van der Waals surface area contributed by atoms with E-state index in [0.717, 1.165) is 0 Å². The van der Waals surface area contributed by atoms with Gasteiger partial charge in [-0.3, -0.25) is 4.79 Å². The third kappa shape index (κ3) is 3.93. The van der Waals surface area contributed by atoms with Crippen LogP contribution in [0, 0.1) is 5.82 Å². The van der Waals surface area contributed by atoms with Gasteiger partial charge in [0.15, 0.2) is 5.76 Å². The monoisotopic (exact) mass is 403 g/mol. The SMILES string of the molecule is CO/N=C(/COc1c(-c2ccccc2)oc2ccccc2c1=O)c1ccc(F)cc1. The highest BCUT2D eigenvalue weighted by molar-refractivity contribution is 6.01. The van der Waals surface area contributed by atoms with Crippen molar-refractivity contribution < 1.29 is 18.4 Å². The number of fused-ring (bicyclic) bond motifs is 1. The molecule has 4 rings (SSSR count). The van der Waals surface area contributed by atoms with E-state index in [-0.39, 0.29) is 23.6 Å². The molecule has 1 aromatic heterocycles. The molecule has 6 heteroatoms. The summed E-state index contributed by atoms with van der Waals surface area (Å²) in [6, 6.07) is 22.0. The Morgan fingerprint density at radius 3 is 2.40 bits per heavy atom. The van der Waals surface area contributed by atoms with E-state index in [0.29, 0.717) is 33.6 Å². The van der Waals surface area contributed by atoms with Crippen LogP contribution in [0.15, 0.2) is 93.2 Å². The summed E-state index contributed by atoms with van der Waals surface area (Å²) in [5.74, 6) is 0.0407. The van der Waals surface area contributed by atoms with Gasteiger partial charge in [-0.15, -0.1) is 0 Å². The number of nitrogens with zero attached hydrogens (tertiary/aromatic N) is 1. The highest BCUT2D eigenvalue weighted by Gasteiger charge is 2.19. The van der Waals surface area contributed by atoms with Gasteiger partial charge in [-0.2, -0.15) is 0 Å². The molecule has 3 aromatic carbocycles. The molecule has 0 unspecified atom stereocenters. The number of halogens is 1. The van der Waals surface area contributed by atoms with Gasteiger partial charge in [-0.25, -0.2) is 4.39 Å². The van der Waals surface area contributed by atoms with Crippen LogP contribution in [0.4, 0.5) is 4.39 Å². The lowest BCUT2D eigenvalue weighted by Crippen LogP contribution is -2.18. The van der Waals surface area contributed by atoms with Crippen molar-refractivity contribution in [1.82, 2.24) is 0 Å². The minimum absolute atomic E-state index is 0.0671. The average molecular weight is 403 g/mol. The summed E-state index contributed by atoms with van der Waals surface area (Å²) in [6.07, 6.45) is 0. The molecule has 0 atom stereocenters. The van der Waals surface area contributed by atoms with Gasteiger partial charge in [0.25, 0.3) is 0 Å². The molecular weight excluding hydrogens is 385 g/mol. The summed E-state index contributed by atoms with van der Waals surface area (Å²) in [6.45, 7) is -0.0671. The zero-order chi connectivity index (χ0) is 20.9. The predicted molar refractivity (Wildman–Crippen MR) is 113 cm³/mol. The highest BCUT2D eigenvalue weighted by atomic mass is 19.1. The van der Waals surface area contributed by atoms with Crippen molar-refractivity contribution in [3.8, 4) is 17.1 Å². The van der Waals surface area contributed by atoms with Crippen LogP contribution in [-0.4, -0.2) is 19.4 Å². The Balaban J connectivity index is 1.77. The molecule has 150 valence electrons. The molecule has 0 radical (unpaired) electrons. The van der Waals surface area contributed by atoms with Crippen LogP contribution in [0.1, 0.15) is 5.56 Å². The van der Waals surface area contributed by atoms with Gasteiger partial charge in [0, 0.05) is 11.1 Å². The maximum Gasteiger partial charge on any atom is 0.235 e. The first-order chi connectivity index (χ1) is 14.7. The van der Waals surface area contributed by atoms with Gasteiger partial charge < -0.3 is 14.0 Å². The Kier molecular flexibility index (Phi) is 5.57. The van der Waals surface area contributed by atoms with Crippen LogP contribution in [0.25, 0.3) is 22.3 Å². The zero-order valence-electron chi connectivity index (χ0n) is 16.2. The van der Waals surface area contributed by atoms with Crippen molar-refractivity contribution in [2.45, 2.75) is 0 Å². The third-order valence-electron chi connectivity index (χ3n) is 4.52. The Labute approximate surface area is 172 Å². The molecule has 30 heavy (non-hydrogen) atoms. The molecular formula is C24H18FNO4. The largest absolute Gasteiger partial charge is 0.480 e. The molecule has 0 bridgehead atoms. The van der Waals surface area contributed by atoms with E-state index in [1.54, 1.807) is 36.4 Å². The van der Waals surface area contributed by atoms with Crippen molar-refractivity contribution in [1.29, 1.82) is 0 Å². The third-order valence-corrected chi connectivity index (χ3v) is 4.52. The van der Waals surface area contributed by atoms with Gasteiger partial charge >= 0.3 is 0 Å². The molecule has 0 aliphatic rings. The lowest BCUT2D eigenvalue weighted by molar-refractivity contribution is 0.210. The van der Waals surface area contributed by atoms with E-state index in [1.165, 1.54) is 19.2 Å². The molecule has 0 saturated heterocycles. The van der Waals surface area contributed by atoms with Crippen LogP contribution in [0.5, 0.6) is 5.75 Å². The van der Waals surface area contributed by atoms with Gasteiger partial charge in [0.2, 0.25) is 11.2 Å². The molecule has 0 aliphatic carbocycles. The quantitative estimate of drug-likeness (QED) is 0.335. The lowest BCUT2D eigenvalue weighted by atomic mass is 10.1. The van der Waals surface area contributed by atoms with Crippen molar-refractivity contribution in [2.24, 2.45) is 5.16 Å². The van der Waals surface area contributed by atoms with Crippen molar-refractivity contribution >= 4 is 16.7 Å². The Morgan fingerprint density at radius 1 is 0.967 bits per heavy atom. The van der Waals surface area contributed by atoms with Crippen molar-refractivity contribution in [3.63, 3.8) is 0 Å². The Bertz CT molecular complexity index is 1250. The number of rotatable bonds is 6. The minimum atomic E-state index is -0.363. The smallest absolute Gasteiger partial charge is 0.235 e. The second-order valence-electron chi connectivity index (χ2n) is 6.47. The molecule has 5 nitrogen and oxygen atoms in total. The van der Waals surface area contributed by atoms with Crippen molar-refractivity contribution in [3.05, 3.63) is 100 Å². The maximum atomic E-state index is 13.3. The standard InChI is InChI=1S/C24H18FNO4/c1-28-26-20(16-11-13-18(25)14-12-16)15-29-24-22(27)19-9-5-6-10-21(19)30-23(24)17-7-3-2-4-8-17/h2-14H,15H2,1H3/b26-20-. The van der Waals surface area contributed by atoms with E-state index in [9.17, 15) is 9.18 Å². The fourth-order valence-electron chi connectivity index (χ4n) is 3.09. The van der Waals surface area contributed by atoms with E-state index in [2.05, 4.69) is 5.16 Å². The summed E-state index contributed by atoms with van der Waals surface area (Å²) in [5, 5.41) is 4.39. The molecule has 0 saturated carbocycles. The summed E-state index contributed by atoms with van der Waals surface area (Å²) < 4.78 is 25.2. The van der Waals surface area contributed by atoms with E-state index >= 15 is 0 Å². The van der Waals surface area contributed by atoms with Gasteiger partial charge in [0.05, 0.1) is 5.39 Å². The number of hydrogen-bond donors (Lipinski definition) is 0. The second-order valence-corrected chi connectivity index (χ2v) is 6.47. The zero-order valence-corrected chi connectivity index (χ0v) is 16.2. The van der Waals surface area contributed by atoms with Gasteiger partial charge in [-0.05, 0) is 36.4 Å². The van der Waals surface area contributed by atoms with Crippen LogP contribution < -0.4 is 10.2 Å². The van der Waals surface area contributed by atoms with Gasteiger partial charge in [0.1, 0.15) is 30.8 Å². The van der Waals surface area contributed by atoms with E-state index in [4.69, 9.17) is 14.0 Å². The molecule has 0 spiro atoms. The Hall–Kier alpha value is -3.93. The fraction of sp³-hybridized carbons (Fsp3) is 0.0833. The molecule has 0 N–H and O–H groups in total. The van der Waals surface area contributed by atoms with Crippen LogP contribution in [0.3, 0.4) is 0 Å². The number of ether oxygens (including phenoxy) is 1. The van der Waals surface area contributed by atoms with Crippen molar-refractivity contribution in [2.75, 3.05) is 13.7 Å². The number of benzene rings is 3. The summed E-state index contributed by atoms with van der Waals surface area (Å²) >= 11 is 0. The first-order valence-corrected chi connectivity index (χ1v) is 9.27. The number of hydrogen-bond acceptors (Lipinski definition) is 5. The van der Waals surface area contributed by atoms with Crippen LogP contribution >= 0.6 is 0 Å². The maximum absolute atomic E-state index is 13.3. The van der Waals surface area contributed by atoms with E-state index < -0.39 is 0 Å². The summed E-state index contributed by atoms with van der Waals surface area (Å²) in [4.78, 5) is 18.1. The molecule has 4 aromatic rings. The lowest BCUT2D eigenvalue weighted by Gasteiger charge is -2.13. The molecule has 0 fully saturated rings. The fourth-order valence-corrected chi connectivity index (χ4v) is 3.09. The number of para-hydroxylation sites is 1. The van der Waals surface area contributed by atoms with Gasteiger partial charge in [-0.1, -0.05) is 47.6 Å². The summed E-state index contributed by atoms with van der Waals surface area (Å²) in [7, 11) is 1.41. The first kappa shape index (κ1) is 19.4. The normalized spacial score (nSPS) is 11.5.